The van der Waals surface area contributed by atoms with E-state index >= 15 is 0 Å². The molecule has 1 unspecified atom stereocenters. The van der Waals surface area contributed by atoms with Gasteiger partial charge in [-0.25, -0.2) is 0 Å². The number of hydrogen-bond acceptors (Lipinski definition) is 2. The van der Waals surface area contributed by atoms with E-state index in [1.54, 1.807) is 0 Å². The molecule has 0 aromatic carbocycles. The molecule has 2 fully saturated rings. The zero-order valence-electron chi connectivity index (χ0n) is 10.4. The van der Waals surface area contributed by atoms with Gasteiger partial charge < -0.3 is 10.2 Å². The summed E-state index contributed by atoms with van der Waals surface area (Å²) in [6, 6.07) is 0. The lowest BCUT2D eigenvalue weighted by atomic mass is 10.0. The predicted octanol–water partition coefficient (Wildman–Crippen LogP) is 1.63. The van der Waals surface area contributed by atoms with Crippen LogP contribution in [0.15, 0.2) is 0 Å². The molecule has 1 aliphatic heterocycles. The third kappa shape index (κ3) is 2.97. The summed E-state index contributed by atoms with van der Waals surface area (Å²) in [7, 11) is 1.99. The van der Waals surface area contributed by atoms with Crippen LogP contribution in [0.3, 0.4) is 0 Å². The Morgan fingerprint density at radius 1 is 1.25 bits per heavy atom. The van der Waals surface area contributed by atoms with Crippen LogP contribution in [0.5, 0.6) is 0 Å². The molecule has 92 valence electrons. The van der Waals surface area contributed by atoms with Gasteiger partial charge in [0.1, 0.15) is 0 Å². The van der Waals surface area contributed by atoms with E-state index in [0.717, 1.165) is 26.1 Å². The average molecular weight is 224 g/mol. The van der Waals surface area contributed by atoms with Crippen molar-refractivity contribution in [2.24, 2.45) is 11.8 Å². The number of likely N-dealkylation sites (tertiary alicyclic amines) is 1. The predicted molar refractivity (Wildman–Crippen MR) is 65.2 cm³/mol. The smallest absolute Gasteiger partial charge is 0.222 e. The van der Waals surface area contributed by atoms with Crippen molar-refractivity contribution in [3.05, 3.63) is 0 Å². The molecule has 0 radical (unpaired) electrons. The maximum atomic E-state index is 12.1. The Kier molecular flexibility index (Phi) is 4.22. The molecule has 1 saturated heterocycles. The number of amides is 1. The topological polar surface area (TPSA) is 32.3 Å². The fraction of sp³-hybridized carbons (Fsp3) is 0.923. The van der Waals surface area contributed by atoms with Crippen LogP contribution >= 0.6 is 0 Å². The van der Waals surface area contributed by atoms with E-state index in [1.165, 1.54) is 32.1 Å². The summed E-state index contributed by atoms with van der Waals surface area (Å²) in [5, 5.41) is 3.20. The molecule has 2 aliphatic rings. The third-order valence-corrected chi connectivity index (χ3v) is 4.07. The highest BCUT2D eigenvalue weighted by Gasteiger charge is 2.27. The molecule has 0 aromatic heterocycles. The number of carbonyl (C=O) groups is 1. The van der Waals surface area contributed by atoms with Crippen molar-refractivity contribution in [1.29, 1.82) is 0 Å². The van der Waals surface area contributed by atoms with Crippen molar-refractivity contribution in [3.8, 4) is 0 Å². The van der Waals surface area contributed by atoms with Crippen LogP contribution in [-0.2, 0) is 4.79 Å². The lowest BCUT2D eigenvalue weighted by molar-refractivity contribution is -0.131. The van der Waals surface area contributed by atoms with Crippen molar-refractivity contribution in [2.45, 2.75) is 38.5 Å². The number of nitrogens with zero attached hydrogens (tertiary/aromatic N) is 1. The molecule has 0 bridgehead atoms. The zero-order chi connectivity index (χ0) is 11.4. The molecule has 1 amide bonds. The standard InChI is InChI=1S/C13H24N2O/c1-14-9-12-6-7-15(10-12)13(16)8-11-4-2-3-5-11/h11-12,14H,2-10H2,1H3. The molecular formula is C13H24N2O. The van der Waals surface area contributed by atoms with E-state index in [2.05, 4.69) is 10.2 Å². The highest BCUT2D eigenvalue weighted by atomic mass is 16.2. The number of nitrogens with one attached hydrogen (secondary N) is 1. The first kappa shape index (κ1) is 11.9. The van der Waals surface area contributed by atoms with Crippen LogP contribution in [-0.4, -0.2) is 37.5 Å². The lowest BCUT2D eigenvalue weighted by Gasteiger charge is -2.18. The molecular weight excluding hydrogens is 200 g/mol. The molecule has 1 aliphatic carbocycles. The second kappa shape index (κ2) is 5.67. The quantitative estimate of drug-likeness (QED) is 0.787. The maximum Gasteiger partial charge on any atom is 0.222 e. The summed E-state index contributed by atoms with van der Waals surface area (Å²) in [5.41, 5.74) is 0. The Bertz CT molecular complexity index is 236. The Labute approximate surface area is 98.6 Å². The van der Waals surface area contributed by atoms with E-state index in [9.17, 15) is 4.79 Å². The van der Waals surface area contributed by atoms with E-state index in [0.29, 0.717) is 17.7 Å². The fourth-order valence-electron chi connectivity index (χ4n) is 3.11. The highest BCUT2D eigenvalue weighted by Crippen LogP contribution is 2.29. The van der Waals surface area contributed by atoms with E-state index in [1.807, 2.05) is 7.05 Å². The van der Waals surface area contributed by atoms with E-state index < -0.39 is 0 Å². The van der Waals surface area contributed by atoms with Crippen LogP contribution < -0.4 is 5.32 Å². The molecule has 3 nitrogen and oxygen atoms in total. The molecule has 3 heteroatoms. The van der Waals surface area contributed by atoms with Gasteiger partial charge in [-0.3, -0.25) is 4.79 Å². The van der Waals surface area contributed by atoms with Gasteiger partial charge in [0.15, 0.2) is 0 Å². The Hall–Kier alpha value is -0.570. The van der Waals surface area contributed by atoms with Crippen LogP contribution in [0, 0.1) is 11.8 Å². The van der Waals surface area contributed by atoms with Gasteiger partial charge in [-0.15, -0.1) is 0 Å². The fourth-order valence-corrected chi connectivity index (χ4v) is 3.11. The zero-order valence-corrected chi connectivity index (χ0v) is 10.4. The Morgan fingerprint density at radius 2 is 2.00 bits per heavy atom. The monoisotopic (exact) mass is 224 g/mol. The first-order chi connectivity index (χ1) is 7.79. The van der Waals surface area contributed by atoms with Crippen molar-refractivity contribution < 1.29 is 4.79 Å². The summed E-state index contributed by atoms with van der Waals surface area (Å²) in [6.07, 6.45) is 7.21. The summed E-state index contributed by atoms with van der Waals surface area (Å²) in [4.78, 5) is 14.1. The second-order valence-electron chi connectivity index (χ2n) is 5.41. The third-order valence-electron chi connectivity index (χ3n) is 4.07. The van der Waals surface area contributed by atoms with Gasteiger partial charge in [0.25, 0.3) is 0 Å². The average Bonchev–Trinajstić information content (AvgIpc) is 2.89. The van der Waals surface area contributed by atoms with Gasteiger partial charge >= 0.3 is 0 Å². The summed E-state index contributed by atoms with van der Waals surface area (Å²) in [5.74, 6) is 1.78. The first-order valence-electron chi connectivity index (χ1n) is 6.72. The van der Waals surface area contributed by atoms with Gasteiger partial charge in [0, 0.05) is 19.5 Å². The molecule has 1 atom stereocenters. The number of carbonyl (C=O) groups excluding carboxylic acids is 1. The van der Waals surface area contributed by atoms with Crippen molar-refractivity contribution in [3.63, 3.8) is 0 Å². The summed E-state index contributed by atoms with van der Waals surface area (Å²) < 4.78 is 0. The summed E-state index contributed by atoms with van der Waals surface area (Å²) >= 11 is 0. The van der Waals surface area contributed by atoms with E-state index in [4.69, 9.17) is 0 Å². The molecule has 0 aromatic rings. The normalized spacial score (nSPS) is 26.6. The molecule has 1 N–H and O–H groups in total. The minimum Gasteiger partial charge on any atom is -0.342 e. The second-order valence-corrected chi connectivity index (χ2v) is 5.41. The molecule has 16 heavy (non-hydrogen) atoms. The van der Waals surface area contributed by atoms with Gasteiger partial charge in [0.05, 0.1) is 0 Å². The van der Waals surface area contributed by atoms with Gasteiger partial charge in [-0.2, -0.15) is 0 Å². The Balaban J connectivity index is 1.73. The lowest BCUT2D eigenvalue weighted by Crippen LogP contribution is -2.31. The molecule has 1 heterocycles. The first-order valence-corrected chi connectivity index (χ1v) is 6.72. The van der Waals surface area contributed by atoms with Crippen molar-refractivity contribution in [1.82, 2.24) is 10.2 Å². The minimum atomic E-state index is 0.408. The molecule has 0 spiro atoms. The van der Waals surface area contributed by atoms with Crippen LogP contribution in [0.25, 0.3) is 0 Å². The van der Waals surface area contributed by atoms with Crippen molar-refractivity contribution in [2.75, 3.05) is 26.7 Å². The van der Waals surface area contributed by atoms with Gasteiger partial charge in [-0.05, 0) is 44.7 Å². The summed E-state index contributed by atoms with van der Waals surface area (Å²) in [6.45, 7) is 3.01. The van der Waals surface area contributed by atoms with Gasteiger partial charge in [-0.1, -0.05) is 12.8 Å². The molecule has 1 saturated carbocycles. The maximum absolute atomic E-state index is 12.1. The van der Waals surface area contributed by atoms with Crippen LogP contribution in [0.1, 0.15) is 38.5 Å². The number of rotatable bonds is 4. The molecule has 2 rings (SSSR count). The van der Waals surface area contributed by atoms with Crippen molar-refractivity contribution >= 4 is 5.91 Å². The van der Waals surface area contributed by atoms with Gasteiger partial charge in [0.2, 0.25) is 5.91 Å². The number of hydrogen-bond donors (Lipinski definition) is 1. The van der Waals surface area contributed by atoms with E-state index in [-0.39, 0.29) is 0 Å². The highest BCUT2D eigenvalue weighted by molar-refractivity contribution is 5.76. The SMILES string of the molecule is CNCC1CCN(C(=O)CC2CCCC2)C1. The largest absolute Gasteiger partial charge is 0.342 e. The Morgan fingerprint density at radius 3 is 2.69 bits per heavy atom. The van der Waals surface area contributed by atoms with Crippen LogP contribution in [0.4, 0.5) is 0 Å². The van der Waals surface area contributed by atoms with Crippen LogP contribution in [0.2, 0.25) is 0 Å². The minimum absolute atomic E-state index is 0.408.